The summed E-state index contributed by atoms with van der Waals surface area (Å²) < 4.78 is 0. The Bertz CT molecular complexity index is 778. The summed E-state index contributed by atoms with van der Waals surface area (Å²) >= 11 is 0. The third-order valence-electron chi connectivity index (χ3n) is 11.9. The van der Waals surface area contributed by atoms with Crippen molar-refractivity contribution in [3.05, 3.63) is 23.3 Å². The highest BCUT2D eigenvalue weighted by Gasteiger charge is 2.65. The van der Waals surface area contributed by atoms with Crippen LogP contribution in [0.1, 0.15) is 106 Å². The first kappa shape index (κ1) is 24.5. The Morgan fingerprint density at radius 3 is 2.50 bits per heavy atom. The number of aliphatic hydroxyl groups excluding tert-OH is 2. The maximum absolute atomic E-state index is 10.8. The molecule has 0 bridgehead atoms. The molecule has 182 valence electrons. The molecule has 4 aliphatic rings. The lowest BCUT2D eigenvalue weighted by molar-refractivity contribution is -0.131. The van der Waals surface area contributed by atoms with Crippen LogP contribution in [-0.4, -0.2) is 22.9 Å². The molecular formula is C30H50O2. The Labute approximate surface area is 198 Å². The van der Waals surface area contributed by atoms with Crippen LogP contribution in [0.4, 0.5) is 0 Å². The molecule has 0 unspecified atom stereocenters. The minimum Gasteiger partial charge on any atom is -0.393 e. The zero-order valence-electron chi connectivity index (χ0n) is 22.0. The first-order chi connectivity index (χ1) is 14.9. The third kappa shape index (κ3) is 3.41. The topological polar surface area (TPSA) is 40.5 Å². The second-order valence-corrected chi connectivity index (χ2v) is 13.6. The lowest BCUT2D eigenvalue weighted by atomic mass is 9.41. The summed E-state index contributed by atoms with van der Waals surface area (Å²) in [4.78, 5) is 0. The van der Waals surface area contributed by atoms with Gasteiger partial charge in [0.25, 0.3) is 0 Å². The van der Waals surface area contributed by atoms with Crippen LogP contribution in [0, 0.1) is 45.3 Å². The van der Waals surface area contributed by atoms with Crippen molar-refractivity contribution in [2.45, 2.75) is 112 Å². The van der Waals surface area contributed by atoms with Gasteiger partial charge in [-0.05, 0) is 110 Å². The highest BCUT2D eigenvalue weighted by Crippen LogP contribution is 2.73. The molecule has 0 aromatic rings. The van der Waals surface area contributed by atoms with Crippen molar-refractivity contribution in [2.75, 3.05) is 6.61 Å². The van der Waals surface area contributed by atoms with E-state index in [1.165, 1.54) is 38.5 Å². The molecule has 0 heterocycles. The largest absolute Gasteiger partial charge is 0.393 e. The third-order valence-corrected chi connectivity index (χ3v) is 11.9. The fourth-order valence-electron chi connectivity index (χ4n) is 9.51. The van der Waals surface area contributed by atoms with E-state index in [0.717, 1.165) is 36.7 Å². The summed E-state index contributed by atoms with van der Waals surface area (Å²) in [6.07, 6.45) is 15.8. The van der Waals surface area contributed by atoms with Crippen molar-refractivity contribution in [1.82, 2.24) is 0 Å². The number of hydrogen-bond acceptors (Lipinski definition) is 2. The van der Waals surface area contributed by atoms with Crippen molar-refractivity contribution in [3.8, 4) is 0 Å². The number of rotatable bonds is 5. The molecule has 3 fully saturated rings. The van der Waals surface area contributed by atoms with Crippen molar-refractivity contribution in [3.63, 3.8) is 0 Å². The minimum absolute atomic E-state index is 0.0175. The second-order valence-electron chi connectivity index (χ2n) is 13.6. The summed E-state index contributed by atoms with van der Waals surface area (Å²) in [6.45, 7) is 17.2. The Morgan fingerprint density at radius 1 is 1.09 bits per heavy atom. The van der Waals surface area contributed by atoms with Gasteiger partial charge in [0.05, 0.1) is 12.7 Å². The van der Waals surface area contributed by atoms with Crippen LogP contribution < -0.4 is 0 Å². The van der Waals surface area contributed by atoms with Crippen LogP contribution in [0.3, 0.4) is 0 Å². The van der Waals surface area contributed by atoms with Gasteiger partial charge in [-0.15, -0.1) is 0 Å². The van der Waals surface area contributed by atoms with Crippen LogP contribution >= 0.6 is 0 Å². The Morgan fingerprint density at radius 2 is 1.81 bits per heavy atom. The van der Waals surface area contributed by atoms with Gasteiger partial charge in [-0.2, -0.15) is 0 Å². The normalized spacial score (nSPS) is 46.7. The standard InChI is InChI=1S/C30H50O2/c1-20(19-31)9-8-10-21(2)22-13-17-30(7)24-11-12-25-27(3,4)26(32)15-16-28(25,5)23(24)14-18-29(22,30)6/h9,11,21-23,25-26,31-32H,8,10,12-19H2,1-7H3/b20-9+/t21-,22-,23-,25-,26-,28+,29-,30+/m0/s1. The van der Waals surface area contributed by atoms with Gasteiger partial charge in [0, 0.05) is 0 Å². The van der Waals surface area contributed by atoms with Gasteiger partial charge in [-0.25, -0.2) is 0 Å². The van der Waals surface area contributed by atoms with Gasteiger partial charge < -0.3 is 10.2 Å². The number of fused-ring (bicyclic) bond motifs is 5. The predicted octanol–water partition coefficient (Wildman–Crippen LogP) is 7.31. The van der Waals surface area contributed by atoms with Gasteiger partial charge in [0.2, 0.25) is 0 Å². The smallest absolute Gasteiger partial charge is 0.0639 e. The summed E-state index contributed by atoms with van der Waals surface area (Å²) in [7, 11) is 0. The van der Waals surface area contributed by atoms with Gasteiger partial charge in [-0.1, -0.05) is 64.8 Å². The average molecular weight is 443 g/mol. The molecule has 4 rings (SSSR count). The minimum atomic E-state index is -0.153. The molecule has 0 amide bonds. The first-order valence-electron chi connectivity index (χ1n) is 13.6. The first-order valence-corrected chi connectivity index (χ1v) is 13.6. The monoisotopic (exact) mass is 442 g/mol. The summed E-state index contributed by atoms with van der Waals surface area (Å²) in [5, 5.41) is 20.1. The Hall–Kier alpha value is -0.600. The summed E-state index contributed by atoms with van der Waals surface area (Å²) in [5.74, 6) is 2.83. The molecule has 0 aromatic heterocycles. The van der Waals surface area contributed by atoms with Gasteiger partial charge in [0.1, 0.15) is 0 Å². The van der Waals surface area contributed by atoms with Gasteiger partial charge in [-0.3, -0.25) is 0 Å². The molecule has 0 saturated heterocycles. The van der Waals surface area contributed by atoms with Crippen molar-refractivity contribution >= 4 is 0 Å². The summed E-state index contributed by atoms with van der Waals surface area (Å²) in [5.41, 5.74) is 4.01. The van der Waals surface area contributed by atoms with Crippen LogP contribution in [0.2, 0.25) is 0 Å². The second kappa shape index (κ2) is 8.26. The highest BCUT2D eigenvalue weighted by molar-refractivity contribution is 5.33. The molecule has 3 saturated carbocycles. The Kier molecular flexibility index (Phi) is 6.33. The fourth-order valence-corrected chi connectivity index (χ4v) is 9.51. The van der Waals surface area contributed by atoms with Gasteiger partial charge >= 0.3 is 0 Å². The molecule has 0 spiro atoms. The van der Waals surface area contributed by atoms with E-state index in [9.17, 15) is 10.2 Å². The lowest BCUT2D eigenvalue weighted by Gasteiger charge is -2.64. The van der Waals surface area contributed by atoms with E-state index in [-0.39, 0.29) is 18.1 Å². The number of hydrogen-bond donors (Lipinski definition) is 2. The molecule has 8 atom stereocenters. The van der Waals surface area contributed by atoms with Crippen LogP contribution in [0.15, 0.2) is 23.3 Å². The Balaban J connectivity index is 1.59. The maximum Gasteiger partial charge on any atom is 0.0639 e. The molecule has 2 nitrogen and oxygen atoms in total. The van der Waals surface area contributed by atoms with Crippen LogP contribution in [-0.2, 0) is 0 Å². The van der Waals surface area contributed by atoms with E-state index in [0.29, 0.717) is 28.1 Å². The van der Waals surface area contributed by atoms with Crippen LogP contribution in [0.5, 0.6) is 0 Å². The van der Waals surface area contributed by atoms with Crippen molar-refractivity contribution in [1.29, 1.82) is 0 Å². The zero-order chi connectivity index (χ0) is 23.5. The number of allylic oxidation sites excluding steroid dienone is 3. The lowest BCUT2D eigenvalue weighted by Crippen LogP contribution is -2.58. The van der Waals surface area contributed by atoms with Crippen LogP contribution in [0.25, 0.3) is 0 Å². The maximum atomic E-state index is 10.8. The molecule has 0 aliphatic heterocycles. The van der Waals surface area contributed by atoms with E-state index in [1.807, 2.05) is 12.5 Å². The SMILES string of the molecule is C/C(=C\CC[C@H](C)[C@@H]1CC[C@]2(C)C3=CC[C@H]4C(C)(C)[C@@H](O)CC[C@]4(C)[C@H]3CC[C@@]12C)CO. The fraction of sp³-hybridized carbons (Fsp3) is 0.867. The molecule has 4 aliphatic carbocycles. The molecule has 2 N–H and O–H groups in total. The molecule has 0 radical (unpaired) electrons. The van der Waals surface area contributed by atoms with E-state index >= 15 is 0 Å². The highest BCUT2D eigenvalue weighted by atomic mass is 16.3. The summed E-state index contributed by atoms with van der Waals surface area (Å²) in [6, 6.07) is 0. The molecule has 32 heavy (non-hydrogen) atoms. The predicted molar refractivity (Wildman–Crippen MR) is 134 cm³/mol. The van der Waals surface area contributed by atoms with E-state index < -0.39 is 0 Å². The quantitative estimate of drug-likeness (QED) is 0.438. The van der Waals surface area contributed by atoms with Gasteiger partial charge in [0.15, 0.2) is 0 Å². The van der Waals surface area contributed by atoms with E-state index in [4.69, 9.17) is 0 Å². The average Bonchev–Trinajstić information content (AvgIpc) is 3.02. The van der Waals surface area contributed by atoms with Crippen molar-refractivity contribution < 1.29 is 10.2 Å². The van der Waals surface area contributed by atoms with E-state index in [1.54, 1.807) is 0 Å². The zero-order valence-corrected chi connectivity index (χ0v) is 22.0. The van der Waals surface area contributed by atoms with Crippen molar-refractivity contribution in [2.24, 2.45) is 45.3 Å². The van der Waals surface area contributed by atoms with E-state index in [2.05, 4.69) is 53.7 Å². The molecular weight excluding hydrogens is 392 g/mol. The number of aliphatic hydroxyl groups is 2. The molecule has 0 aromatic carbocycles. The molecule has 2 heteroatoms.